The maximum absolute atomic E-state index is 12.6. The lowest BCUT2D eigenvalue weighted by molar-refractivity contribution is -0.115. The lowest BCUT2D eigenvalue weighted by atomic mass is 10.1. The van der Waals surface area contributed by atoms with Crippen LogP contribution >= 0.6 is 23.1 Å². The van der Waals surface area contributed by atoms with Gasteiger partial charge in [-0.1, -0.05) is 58.6 Å². The summed E-state index contributed by atoms with van der Waals surface area (Å²) in [5.74, 6) is 0.865. The molecule has 0 spiro atoms. The molecule has 3 aromatic rings. The number of nitrogens with one attached hydrogen (secondary N) is 1. The van der Waals surface area contributed by atoms with Gasteiger partial charge in [0.15, 0.2) is 10.2 Å². The number of benzene rings is 1. The van der Waals surface area contributed by atoms with E-state index in [9.17, 15) is 4.79 Å². The van der Waals surface area contributed by atoms with Crippen molar-refractivity contribution in [2.75, 3.05) is 5.32 Å². The van der Waals surface area contributed by atoms with Crippen LogP contribution in [0, 0.1) is 6.92 Å². The molecule has 0 aliphatic carbocycles. The van der Waals surface area contributed by atoms with Crippen LogP contribution in [0.1, 0.15) is 16.6 Å². The fraction of sp³-hybridized carbons (Fsp3) is 0.143. The summed E-state index contributed by atoms with van der Waals surface area (Å²) in [6.07, 6.45) is 0. The van der Waals surface area contributed by atoms with Gasteiger partial charge in [0.05, 0.1) is 0 Å². The minimum atomic E-state index is -0.439. The molecule has 0 radical (unpaired) electrons. The van der Waals surface area contributed by atoms with Gasteiger partial charge >= 0.3 is 0 Å². The number of hydrogen-bond acceptors (Lipinski definition) is 7. The fourth-order valence-electron chi connectivity index (χ4n) is 1.83. The standard InChI is InChI=1S/C14H12N4O2S2/c1-9-7-11(18-20-9)16-13(19)12(10-5-3-2-4-6-10)22-14-17-15-8-21-14/h2-8,12H,1H3,(H,16,18,19)/t12-/m0/s1. The first kappa shape index (κ1) is 14.7. The summed E-state index contributed by atoms with van der Waals surface area (Å²) in [6, 6.07) is 11.2. The van der Waals surface area contributed by atoms with E-state index in [-0.39, 0.29) is 5.91 Å². The largest absolute Gasteiger partial charge is 0.360 e. The van der Waals surface area contributed by atoms with Crippen LogP contribution in [0.3, 0.4) is 0 Å². The highest BCUT2D eigenvalue weighted by molar-refractivity contribution is 8.01. The number of nitrogens with zero attached hydrogens (tertiary/aromatic N) is 3. The smallest absolute Gasteiger partial charge is 0.243 e. The summed E-state index contributed by atoms with van der Waals surface area (Å²) in [5, 5.41) is 13.9. The molecule has 22 heavy (non-hydrogen) atoms. The van der Waals surface area contributed by atoms with E-state index in [1.165, 1.54) is 23.1 Å². The van der Waals surface area contributed by atoms with Crippen molar-refractivity contribution in [2.45, 2.75) is 16.5 Å². The zero-order chi connectivity index (χ0) is 15.4. The molecule has 0 saturated heterocycles. The topological polar surface area (TPSA) is 80.9 Å². The van der Waals surface area contributed by atoms with Crippen molar-refractivity contribution in [1.29, 1.82) is 0 Å². The van der Waals surface area contributed by atoms with Crippen molar-refractivity contribution in [2.24, 2.45) is 0 Å². The first-order chi connectivity index (χ1) is 10.7. The molecule has 1 amide bonds. The van der Waals surface area contributed by atoms with Gasteiger partial charge in [-0.05, 0) is 12.5 Å². The maximum atomic E-state index is 12.6. The molecule has 0 fully saturated rings. The molecular formula is C14H12N4O2S2. The van der Waals surface area contributed by atoms with E-state index in [2.05, 4.69) is 20.7 Å². The Balaban J connectivity index is 1.82. The third kappa shape index (κ3) is 3.52. The van der Waals surface area contributed by atoms with Crippen molar-refractivity contribution in [3.05, 3.63) is 53.2 Å². The molecule has 1 N–H and O–H groups in total. The molecule has 0 aliphatic rings. The van der Waals surface area contributed by atoms with E-state index in [0.29, 0.717) is 11.6 Å². The number of hydrogen-bond donors (Lipinski definition) is 1. The van der Waals surface area contributed by atoms with Gasteiger partial charge in [-0.2, -0.15) is 0 Å². The zero-order valence-electron chi connectivity index (χ0n) is 11.6. The Morgan fingerprint density at radius 2 is 2.18 bits per heavy atom. The second-order valence-electron chi connectivity index (χ2n) is 4.43. The average Bonchev–Trinajstić information content (AvgIpc) is 3.17. The SMILES string of the molecule is Cc1cc(NC(=O)[C@@H](Sc2nncs2)c2ccccc2)no1. The van der Waals surface area contributed by atoms with Crippen molar-refractivity contribution in [3.63, 3.8) is 0 Å². The molecular weight excluding hydrogens is 320 g/mol. The van der Waals surface area contributed by atoms with Crippen LogP contribution in [0.15, 0.2) is 50.8 Å². The van der Waals surface area contributed by atoms with E-state index in [1.54, 1.807) is 18.5 Å². The monoisotopic (exact) mass is 332 g/mol. The van der Waals surface area contributed by atoms with Gasteiger partial charge in [0.25, 0.3) is 0 Å². The fourth-order valence-corrected chi connectivity index (χ4v) is 3.51. The summed E-state index contributed by atoms with van der Waals surface area (Å²) < 4.78 is 5.70. The van der Waals surface area contributed by atoms with Crippen LogP contribution < -0.4 is 5.32 Å². The van der Waals surface area contributed by atoms with Crippen LogP contribution in [-0.2, 0) is 4.79 Å². The third-order valence-electron chi connectivity index (χ3n) is 2.78. The number of anilines is 1. The van der Waals surface area contributed by atoms with Crippen LogP contribution in [0.5, 0.6) is 0 Å². The molecule has 3 rings (SSSR count). The van der Waals surface area contributed by atoms with E-state index < -0.39 is 5.25 Å². The van der Waals surface area contributed by atoms with Gasteiger partial charge in [-0.15, -0.1) is 10.2 Å². The van der Waals surface area contributed by atoms with E-state index in [0.717, 1.165) is 9.90 Å². The second kappa shape index (κ2) is 6.71. The number of carbonyl (C=O) groups excluding carboxylic acids is 1. The Morgan fingerprint density at radius 1 is 1.36 bits per heavy atom. The highest BCUT2D eigenvalue weighted by atomic mass is 32.2. The molecule has 1 aromatic carbocycles. The van der Waals surface area contributed by atoms with Gasteiger partial charge in [-0.3, -0.25) is 4.79 Å². The molecule has 2 heterocycles. The van der Waals surface area contributed by atoms with Gasteiger partial charge < -0.3 is 9.84 Å². The second-order valence-corrected chi connectivity index (χ2v) is 6.61. The molecule has 112 valence electrons. The molecule has 8 heteroatoms. The molecule has 0 bridgehead atoms. The number of carbonyl (C=O) groups is 1. The highest BCUT2D eigenvalue weighted by Gasteiger charge is 2.24. The number of amides is 1. The van der Waals surface area contributed by atoms with E-state index >= 15 is 0 Å². The molecule has 0 saturated carbocycles. The lowest BCUT2D eigenvalue weighted by Crippen LogP contribution is -2.19. The van der Waals surface area contributed by atoms with E-state index in [1.807, 2.05) is 30.3 Å². The van der Waals surface area contributed by atoms with Crippen LogP contribution in [0.2, 0.25) is 0 Å². The zero-order valence-corrected chi connectivity index (χ0v) is 13.2. The van der Waals surface area contributed by atoms with E-state index in [4.69, 9.17) is 4.52 Å². The Labute approximate surface area is 134 Å². The molecule has 0 unspecified atom stereocenters. The number of thioether (sulfide) groups is 1. The quantitative estimate of drug-likeness (QED) is 0.722. The van der Waals surface area contributed by atoms with Gasteiger partial charge in [0.1, 0.15) is 16.5 Å². The van der Waals surface area contributed by atoms with Crippen molar-refractivity contribution < 1.29 is 9.32 Å². The summed E-state index contributed by atoms with van der Waals surface area (Å²) >= 11 is 2.76. The summed E-state index contributed by atoms with van der Waals surface area (Å²) in [7, 11) is 0. The maximum Gasteiger partial charge on any atom is 0.243 e. The predicted octanol–water partition coefficient (Wildman–Crippen LogP) is 3.31. The van der Waals surface area contributed by atoms with Crippen LogP contribution in [-0.4, -0.2) is 21.3 Å². The van der Waals surface area contributed by atoms with Crippen LogP contribution in [0.4, 0.5) is 5.82 Å². The molecule has 2 aromatic heterocycles. The predicted molar refractivity (Wildman–Crippen MR) is 84.8 cm³/mol. The van der Waals surface area contributed by atoms with Gasteiger partial charge in [0.2, 0.25) is 5.91 Å². The Hall–Kier alpha value is -2.19. The van der Waals surface area contributed by atoms with Crippen LogP contribution in [0.25, 0.3) is 0 Å². The Kier molecular flexibility index (Phi) is 4.50. The number of rotatable bonds is 5. The third-order valence-corrected chi connectivity index (χ3v) is 4.84. The van der Waals surface area contributed by atoms with Crippen molar-refractivity contribution in [1.82, 2.24) is 15.4 Å². The van der Waals surface area contributed by atoms with Gasteiger partial charge in [0, 0.05) is 6.07 Å². The lowest BCUT2D eigenvalue weighted by Gasteiger charge is -2.14. The molecule has 1 atom stereocenters. The Bertz CT molecular complexity index is 743. The van der Waals surface area contributed by atoms with Gasteiger partial charge in [-0.25, -0.2) is 0 Å². The molecule has 6 nitrogen and oxygen atoms in total. The average molecular weight is 332 g/mol. The summed E-state index contributed by atoms with van der Waals surface area (Å²) in [4.78, 5) is 12.6. The Morgan fingerprint density at radius 3 is 2.82 bits per heavy atom. The van der Waals surface area contributed by atoms with Crippen molar-refractivity contribution in [3.8, 4) is 0 Å². The first-order valence-corrected chi connectivity index (χ1v) is 8.20. The van der Waals surface area contributed by atoms with Crippen molar-refractivity contribution >= 4 is 34.8 Å². The summed E-state index contributed by atoms with van der Waals surface area (Å²) in [5.41, 5.74) is 2.53. The number of aromatic nitrogens is 3. The summed E-state index contributed by atoms with van der Waals surface area (Å²) in [6.45, 7) is 1.77. The minimum Gasteiger partial charge on any atom is -0.360 e. The first-order valence-electron chi connectivity index (χ1n) is 6.44. The molecule has 0 aliphatic heterocycles. The highest BCUT2D eigenvalue weighted by Crippen LogP contribution is 2.36. The normalized spacial score (nSPS) is 12.0. The minimum absolute atomic E-state index is 0.181. The number of aryl methyl sites for hydroxylation is 1.